The van der Waals surface area contributed by atoms with Gasteiger partial charge in [0.05, 0.1) is 24.5 Å². The van der Waals surface area contributed by atoms with E-state index in [0.717, 1.165) is 12.8 Å². The van der Waals surface area contributed by atoms with Crippen LogP contribution in [0.2, 0.25) is 0 Å². The van der Waals surface area contributed by atoms with Crippen LogP contribution < -0.4 is 16.4 Å². The summed E-state index contributed by atoms with van der Waals surface area (Å²) >= 11 is 0. The van der Waals surface area contributed by atoms with Gasteiger partial charge in [-0.3, -0.25) is 29.4 Å². The van der Waals surface area contributed by atoms with Crippen molar-refractivity contribution in [3.05, 3.63) is 29.8 Å². The third-order valence-electron chi connectivity index (χ3n) is 6.83. The van der Waals surface area contributed by atoms with Gasteiger partial charge in [0, 0.05) is 30.3 Å². The number of imide groups is 1. The number of nitrogens with zero attached hydrogens (tertiary/aromatic N) is 1. The Morgan fingerprint density at radius 2 is 2.03 bits per heavy atom. The van der Waals surface area contributed by atoms with Gasteiger partial charge < -0.3 is 15.8 Å². The fourth-order valence-corrected chi connectivity index (χ4v) is 5.54. The van der Waals surface area contributed by atoms with Crippen molar-refractivity contribution in [1.82, 2.24) is 10.2 Å². The second-order valence-electron chi connectivity index (χ2n) is 8.49. The van der Waals surface area contributed by atoms with Crippen molar-refractivity contribution in [3.63, 3.8) is 0 Å². The van der Waals surface area contributed by atoms with E-state index in [1.54, 1.807) is 24.3 Å². The summed E-state index contributed by atoms with van der Waals surface area (Å²) in [6, 6.07) is 6.68. The molecular formula is C21H24N4O5. The highest BCUT2D eigenvalue weighted by molar-refractivity contribution is 6.15. The predicted octanol–water partition coefficient (Wildman–Crippen LogP) is -0.149. The van der Waals surface area contributed by atoms with Crippen LogP contribution in [0.5, 0.6) is 0 Å². The normalized spacial score (nSPS) is 34.5. The second-order valence-corrected chi connectivity index (χ2v) is 8.49. The molecule has 1 aromatic carbocycles. The van der Waals surface area contributed by atoms with Crippen molar-refractivity contribution in [2.45, 2.75) is 43.4 Å². The second kappa shape index (κ2) is 6.88. The zero-order valence-corrected chi connectivity index (χ0v) is 16.4. The van der Waals surface area contributed by atoms with E-state index < -0.39 is 29.3 Å². The monoisotopic (exact) mass is 412 g/mol. The van der Waals surface area contributed by atoms with Gasteiger partial charge in [0.2, 0.25) is 23.6 Å². The summed E-state index contributed by atoms with van der Waals surface area (Å²) in [4.78, 5) is 52.8. The number of anilines is 1. The summed E-state index contributed by atoms with van der Waals surface area (Å²) in [6.07, 6.45) is 1.86. The van der Waals surface area contributed by atoms with Gasteiger partial charge in [-0.1, -0.05) is 18.2 Å². The van der Waals surface area contributed by atoms with Gasteiger partial charge >= 0.3 is 0 Å². The number of para-hydroxylation sites is 1. The molecule has 4 aliphatic rings. The van der Waals surface area contributed by atoms with E-state index in [9.17, 15) is 19.2 Å². The van der Waals surface area contributed by atoms with Gasteiger partial charge in [-0.15, -0.1) is 0 Å². The number of rotatable bonds is 5. The molecule has 9 heteroatoms. The molecule has 4 heterocycles. The molecule has 5 rings (SSSR count). The standard InChI is InChI=1S/C21H24N4O5/c22-15(26)8-7-14-16-17(19(28)25(18(16)27)10-11-4-3-9-30-11)21(24-14)12-5-1-2-6-13(12)23-20(21)29/h1-2,5-6,11,14,16-17,24H,3-4,7-10H2,(H2,22,26)(H,23,29)/t11?,14?,16?,17?,21-/m1/s1. The molecule has 9 nitrogen and oxygen atoms in total. The van der Waals surface area contributed by atoms with Gasteiger partial charge in [0.1, 0.15) is 5.54 Å². The van der Waals surface area contributed by atoms with Crippen LogP contribution in [0.4, 0.5) is 5.69 Å². The van der Waals surface area contributed by atoms with E-state index in [0.29, 0.717) is 17.9 Å². The fraction of sp³-hybridized carbons (Fsp3) is 0.524. The number of primary amides is 1. The number of nitrogens with one attached hydrogen (secondary N) is 2. The highest BCUT2D eigenvalue weighted by Crippen LogP contribution is 2.53. The molecule has 0 bridgehead atoms. The maximum Gasteiger partial charge on any atom is 0.250 e. The first-order valence-electron chi connectivity index (χ1n) is 10.4. The quantitative estimate of drug-likeness (QED) is 0.577. The van der Waals surface area contributed by atoms with Crippen LogP contribution in [0.15, 0.2) is 24.3 Å². The summed E-state index contributed by atoms with van der Waals surface area (Å²) in [5, 5.41) is 6.14. The van der Waals surface area contributed by atoms with Crippen LogP contribution >= 0.6 is 0 Å². The van der Waals surface area contributed by atoms with Gasteiger partial charge in [0.25, 0.3) is 0 Å². The predicted molar refractivity (Wildman–Crippen MR) is 105 cm³/mol. The van der Waals surface area contributed by atoms with E-state index in [1.807, 2.05) is 0 Å². The number of likely N-dealkylation sites (tertiary alicyclic amines) is 1. The average molecular weight is 412 g/mol. The molecule has 3 fully saturated rings. The smallest absolute Gasteiger partial charge is 0.250 e. The molecule has 1 aromatic rings. The molecular weight excluding hydrogens is 388 g/mol. The van der Waals surface area contributed by atoms with Gasteiger partial charge in [-0.2, -0.15) is 0 Å². The highest BCUT2D eigenvalue weighted by atomic mass is 16.5. The molecule has 4 unspecified atom stereocenters. The molecule has 158 valence electrons. The first-order valence-corrected chi connectivity index (χ1v) is 10.4. The van der Waals surface area contributed by atoms with Crippen molar-refractivity contribution in [2.75, 3.05) is 18.5 Å². The summed E-state index contributed by atoms with van der Waals surface area (Å²) in [5.41, 5.74) is 5.28. The van der Waals surface area contributed by atoms with Crippen molar-refractivity contribution in [2.24, 2.45) is 17.6 Å². The summed E-state index contributed by atoms with van der Waals surface area (Å²) in [5.74, 6) is -3.10. The first kappa shape index (κ1) is 19.2. The van der Waals surface area contributed by atoms with E-state index in [4.69, 9.17) is 10.5 Å². The Hall–Kier alpha value is -2.78. The largest absolute Gasteiger partial charge is 0.376 e. The van der Waals surface area contributed by atoms with E-state index in [1.165, 1.54) is 4.90 Å². The Morgan fingerprint density at radius 1 is 1.23 bits per heavy atom. The lowest BCUT2D eigenvalue weighted by molar-refractivity contribution is -0.144. The third-order valence-corrected chi connectivity index (χ3v) is 6.83. The van der Waals surface area contributed by atoms with Crippen molar-refractivity contribution < 1.29 is 23.9 Å². The Kier molecular flexibility index (Phi) is 4.41. The van der Waals surface area contributed by atoms with Crippen molar-refractivity contribution >= 4 is 29.3 Å². The average Bonchev–Trinajstić information content (AvgIpc) is 3.46. The number of fused-ring (bicyclic) bond motifs is 4. The topological polar surface area (TPSA) is 131 Å². The molecule has 0 saturated carbocycles. The number of carbonyl (C=O) groups excluding carboxylic acids is 4. The minimum atomic E-state index is -1.33. The fourth-order valence-electron chi connectivity index (χ4n) is 5.54. The molecule has 30 heavy (non-hydrogen) atoms. The number of benzene rings is 1. The molecule has 0 radical (unpaired) electrons. The van der Waals surface area contributed by atoms with Gasteiger partial charge in [-0.05, 0) is 25.3 Å². The van der Waals surface area contributed by atoms with Gasteiger partial charge in [0.15, 0.2) is 0 Å². The first-order chi connectivity index (χ1) is 14.4. The Morgan fingerprint density at radius 3 is 2.77 bits per heavy atom. The lowest BCUT2D eigenvalue weighted by atomic mass is 9.76. The molecule has 5 atom stereocenters. The number of ether oxygens (including phenoxy) is 1. The Bertz CT molecular complexity index is 943. The maximum absolute atomic E-state index is 13.5. The lowest BCUT2D eigenvalue weighted by Gasteiger charge is -2.30. The molecule has 0 aromatic heterocycles. The van der Waals surface area contributed by atoms with Crippen LogP contribution in [-0.2, 0) is 29.5 Å². The van der Waals surface area contributed by atoms with Crippen LogP contribution in [0.1, 0.15) is 31.2 Å². The molecule has 4 N–H and O–H groups in total. The SMILES string of the molecule is NC(=O)CCC1N[C@@]2(C(=O)Nc3ccccc32)C2C(=O)N(CC3CCCO3)C(=O)C12. The lowest BCUT2D eigenvalue weighted by Crippen LogP contribution is -2.53. The molecule has 4 aliphatic heterocycles. The zero-order valence-electron chi connectivity index (χ0n) is 16.4. The van der Waals surface area contributed by atoms with Crippen LogP contribution in [0, 0.1) is 11.8 Å². The van der Waals surface area contributed by atoms with E-state index in [-0.39, 0.29) is 43.2 Å². The van der Waals surface area contributed by atoms with E-state index in [2.05, 4.69) is 10.6 Å². The highest BCUT2D eigenvalue weighted by Gasteiger charge is 2.70. The number of carbonyl (C=O) groups is 4. The summed E-state index contributed by atoms with van der Waals surface area (Å²) in [6.45, 7) is 0.822. The minimum absolute atomic E-state index is 0.0629. The van der Waals surface area contributed by atoms with Crippen molar-refractivity contribution in [3.8, 4) is 0 Å². The van der Waals surface area contributed by atoms with Gasteiger partial charge in [-0.25, -0.2) is 0 Å². The molecule has 4 amide bonds. The number of hydrogen-bond acceptors (Lipinski definition) is 6. The summed E-state index contributed by atoms with van der Waals surface area (Å²) in [7, 11) is 0. The minimum Gasteiger partial charge on any atom is -0.376 e. The third kappa shape index (κ3) is 2.61. The maximum atomic E-state index is 13.5. The van der Waals surface area contributed by atoms with Crippen LogP contribution in [-0.4, -0.2) is 53.8 Å². The molecule has 1 spiro atoms. The van der Waals surface area contributed by atoms with Crippen LogP contribution in [0.3, 0.4) is 0 Å². The Labute approximate surface area is 173 Å². The number of hydrogen-bond donors (Lipinski definition) is 3. The van der Waals surface area contributed by atoms with Crippen molar-refractivity contribution in [1.29, 1.82) is 0 Å². The Balaban J connectivity index is 1.55. The molecule has 0 aliphatic carbocycles. The summed E-state index contributed by atoms with van der Waals surface area (Å²) < 4.78 is 5.63. The number of amides is 4. The zero-order chi connectivity index (χ0) is 21.0. The van der Waals surface area contributed by atoms with E-state index >= 15 is 0 Å². The number of nitrogens with two attached hydrogens (primary N) is 1. The molecule has 3 saturated heterocycles. The van der Waals surface area contributed by atoms with Crippen LogP contribution in [0.25, 0.3) is 0 Å².